The van der Waals surface area contributed by atoms with Crippen molar-refractivity contribution in [3.8, 4) is 0 Å². The molecule has 0 saturated carbocycles. The van der Waals surface area contributed by atoms with Crippen LogP contribution in [-0.2, 0) is 23.9 Å². The van der Waals surface area contributed by atoms with Crippen molar-refractivity contribution < 1.29 is 23.1 Å². The molecule has 0 unspecified atom stereocenters. The normalized spacial score (nSPS) is 11.4. The van der Waals surface area contributed by atoms with Gasteiger partial charge in [0, 0.05) is 16.3 Å². The van der Waals surface area contributed by atoms with Crippen molar-refractivity contribution in [3.63, 3.8) is 0 Å². The fourth-order valence-corrected chi connectivity index (χ4v) is 2.57. The first-order chi connectivity index (χ1) is 9.84. The number of rotatable bonds is 5. The zero-order valence-corrected chi connectivity index (χ0v) is 11.5. The van der Waals surface area contributed by atoms with Gasteiger partial charge in [0.05, 0.1) is 18.3 Å². The lowest BCUT2D eigenvalue weighted by atomic mass is 10.3. The molecule has 0 saturated heterocycles. The highest BCUT2D eigenvalue weighted by molar-refractivity contribution is 7.12. The van der Waals surface area contributed by atoms with Gasteiger partial charge in [0.25, 0.3) is 0 Å². The van der Waals surface area contributed by atoms with Gasteiger partial charge >= 0.3 is 12.1 Å². The van der Waals surface area contributed by atoms with Gasteiger partial charge in [-0.25, -0.2) is 4.98 Å². The van der Waals surface area contributed by atoms with Gasteiger partial charge in [-0.15, -0.1) is 11.3 Å². The van der Waals surface area contributed by atoms with Gasteiger partial charge in [-0.05, 0) is 24.3 Å². The lowest BCUT2D eigenvalue weighted by molar-refractivity contribution is -0.141. The van der Waals surface area contributed by atoms with E-state index in [9.17, 15) is 18.0 Å². The number of alkyl halides is 3. The molecule has 0 aliphatic rings. The minimum atomic E-state index is -4.45. The molecule has 0 aliphatic carbocycles. The van der Waals surface area contributed by atoms with Crippen molar-refractivity contribution in [2.75, 3.05) is 5.32 Å². The van der Waals surface area contributed by atoms with Crippen LogP contribution in [0.2, 0.25) is 0 Å². The quantitative estimate of drug-likeness (QED) is 0.887. The van der Waals surface area contributed by atoms with Gasteiger partial charge in [-0.3, -0.25) is 4.79 Å². The molecular formula is C13H11F3N2O2S. The largest absolute Gasteiger partial charge is 0.481 e. The predicted molar refractivity (Wildman–Crippen MR) is 72.2 cm³/mol. The molecule has 2 rings (SSSR count). The number of nitrogens with one attached hydrogen (secondary N) is 1. The lowest BCUT2D eigenvalue weighted by Gasteiger charge is -2.07. The summed E-state index contributed by atoms with van der Waals surface area (Å²) in [5, 5.41) is 11.6. The average Bonchev–Trinajstić information content (AvgIpc) is 2.82. The van der Waals surface area contributed by atoms with Crippen LogP contribution in [0.1, 0.15) is 15.4 Å². The van der Waals surface area contributed by atoms with Gasteiger partial charge < -0.3 is 10.4 Å². The number of nitrogens with zero attached hydrogens (tertiary/aromatic N) is 1. The Labute approximate surface area is 122 Å². The lowest BCUT2D eigenvalue weighted by Crippen LogP contribution is -2.08. The van der Waals surface area contributed by atoms with Crippen LogP contribution >= 0.6 is 11.3 Å². The van der Waals surface area contributed by atoms with E-state index in [0.29, 0.717) is 12.2 Å². The number of pyridine rings is 1. The summed E-state index contributed by atoms with van der Waals surface area (Å²) in [6, 6.07) is 5.72. The maximum Gasteiger partial charge on any atom is 0.433 e. The average molecular weight is 316 g/mol. The monoisotopic (exact) mass is 316 g/mol. The summed E-state index contributed by atoms with van der Waals surface area (Å²) in [5.41, 5.74) is -0.468. The van der Waals surface area contributed by atoms with E-state index < -0.39 is 17.8 Å². The molecule has 2 aromatic rings. The molecule has 8 heteroatoms. The minimum absolute atomic E-state index is 0.0352. The zero-order valence-electron chi connectivity index (χ0n) is 10.6. The van der Waals surface area contributed by atoms with Gasteiger partial charge in [-0.1, -0.05) is 0 Å². The number of anilines is 1. The predicted octanol–water partition coefficient (Wildman–Crippen LogP) is 3.40. The first-order valence-electron chi connectivity index (χ1n) is 5.91. The first kappa shape index (κ1) is 15.3. The van der Waals surface area contributed by atoms with Crippen LogP contribution in [0.15, 0.2) is 30.5 Å². The highest BCUT2D eigenvalue weighted by atomic mass is 32.1. The third kappa shape index (κ3) is 4.45. The molecular weight excluding hydrogens is 305 g/mol. The summed E-state index contributed by atoms with van der Waals surface area (Å²) < 4.78 is 37.0. The second-order valence-corrected chi connectivity index (χ2v) is 5.47. The van der Waals surface area contributed by atoms with Crippen molar-refractivity contribution >= 4 is 23.0 Å². The Morgan fingerprint density at radius 1 is 1.24 bits per heavy atom. The van der Waals surface area contributed by atoms with E-state index in [2.05, 4.69) is 10.3 Å². The molecule has 0 radical (unpaired) electrons. The summed E-state index contributed by atoms with van der Waals surface area (Å²) in [4.78, 5) is 15.5. The second-order valence-electron chi connectivity index (χ2n) is 4.22. The highest BCUT2D eigenvalue weighted by Crippen LogP contribution is 2.28. The van der Waals surface area contributed by atoms with Crippen LogP contribution < -0.4 is 5.32 Å². The highest BCUT2D eigenvalue weighted by Gasteiger charge is 2.31. The summed E-state index contributed by atoms with van der Waals surface area (Å²) in [6.45, 7) is 0.400. The van der Waals surface area contributed by atoms with E-state index in [1.165, 1.54) is 17.4 Å². The van der Waals surface area contributed by atoms with Gasteiger partial charge in [-0.2, -0.15) is 13.2 Å². The van der Waals surface area contributed by atoms with E-state index >= 15 is 0 Å². The van der Waals surface area contributed by atoms with Crippen molar-refractivity contribution in [2.45, 2.75) is 19.1 Å². The standard InChI is InChI=1S/C13H11F3N2O2S/c14-13(15,16)11-4-1-8(6-18-11)17-7-10-3-2-9(21-10)5-12(19)20/h1-4,6,17H,5,7H2,(H,19,20). The number of carbonyl (C=O) groups is 1. The fourth-order valence-electron chi connectivity index (χ4n) is 1.62. The van der Waals surface area contributed by atoms with E-state index in [4.69, 9.17) is 5.11 Å². The molecule has 2 N–H and O–H groups in total. The number of aromatic nitrogens is 1. The summed E-state index contributed by atoms with van der Waals surface area (Å²) in [5.74, 6) is -0.900. The molecule has 0 aromatic carbocycles. The summed E-state index contributed by atoms with van der Waals surface area (Å²) in [7, 11) is 0. The Kier molecular flexibility index (Phi) is 4.46. The Balaban J connectivity index is 1.94. The molecule has 0 fully saturated rings. The number of aliphatic carboxylic acids is 1. The van der Waals surface area contributed by atoms with Crippen LogP contribution in [0, 0.1) is 0 Å². The second kappa shape index (κ2) is 6.13. The number of hydrogen-bond donors (Lipinski definition) is 2. The maximum atomic E-state index is 12.3. The van der Waals surface area contributed by atoms with E-state index in [1.54, 1.807) is 12.1 Å². The molecule has 0 spiro atoms. The topological polar surface area (TPSA) is 62.2 Å². The number of carboxylic acid groups (broad SMARTS) is 1. The van der Waals surface area contributed by atoms with Gasteiger partial charge in [0.2, 0.25) is 0 Å². The number of halogens is 3. The number of hydrogen-bond acceptors (Lipinski definition) is 4. The summed E-state index contributed by atoms with van der Waals surface area (Å²) >= 11 is 1.34. The van der Waals surface area contributed by atoms with E-state index in [0.717, 1.165) is 22.0 Å². The van der Waals surface area contributed by atoms with Crippen molar-refractivity contribution in [1.82, 2.24) is 4.98 Å². The maximum absolute atomic E-state index is 12.3. The smallest absolute Gasteiger partial charge is 0.433 e. The Bertz CT molecular complexity index is 623. The van der Waals surface area contributed by atoms with Crippen molar-refractivity contribution in [1.29, 1.82) is 0 Å². The van der Waals surface area contributed by atoms with Crippen molar-refractivity contribution in [3.05, 3.63) is 45.9 Å². The zero-order chi connectivity index (χ0) is 15.5. The van der Waals surface area contributed by atoms with Crippen molar-refractivity contribution in [2.24, 2.45) is 0 Å². The summed E-state index contributed by atoms with van der Waals surface area (Å²) in [6.07, 6.45) is -3.36. The van der Waals surface area contributed by atoms with E-state index in [1.807, 2.05) is 0 Å². The molecule has 0 aliphatic heterocycles. The van der Waals surface area contributed by atoms with Crippen LogP contribution in [0.5, 0.6) is 0 Å². The Hall–Kier alpha value is -2.09. The van der Waals surface area contributed by atoms with Gasteiger partial charge in [0.15, 0.2) is 0 Å². The number of thiophene rings is 1. The van der Waals surface area contributed by atoms with Crippen LogP contribution in [0.4, 0.5) is 18.9 Å². The Morgan fingerprint density at radius 2 is 1.95 bits per heavy atom. The molecule has 112 valence electrons. The third-order valence-electron chi connectivity index (χ3n) is 2.56. The molecule has 2 heterocycles. The van der Waals surface area contributed by atoms with Crippen LogP contribution in [0.25, 0.3) is 0 Å². The third-order valence-corrected chi connectivity index (χ3v) is 3.65. The molecule has 0 bridgehead atoms. The molecule has 21 heavy (non-hydrogen) atoms. The Morgan fingerprint density at radius 3 is 2.52 bits per heavy atom. The van der Waals surface area contributed by atoms with E-state index in [-0.39, 0.29) is 6.42 Å². The van der Waals surface area contributed by atoms with Crippen LogP contribution in [-0.4, -0.2) is 16.1 Å². The molecule has 2 aromatic heterocycles. The first-order valence-corrected chi connectivity index (χ1v) is 6.73. The SMILES string of the molecule is O=C(O)Cc1ccc(CNc2ccc(C(F)(F)F)nc2)s1. The number of carboxylic acids is 1. The molecule has 0 amide bonds. The minimum Gasteiger partial charge on any atom is -0.481 e. The molecule has 0 atom stereocenters. The molecule has 4 nitrogen and oxygen atoms in total. The fraction of sp³-hybridized carbons (Fsp3) is 0.231. The van der Waals surface area contributed by atoms with Gasteiger partial charge in [0.1, 0.15) is 5.69 Å². The van der Waals surface area contributed by atoms with Crippen LogP contribution in [0.3, 0.4) is 0 Å².